The number of rotatable bonds is 8. The molecular formula is C19H30F3IN4O. The van der Waals surface area contributed by atoms with Crippen LogP contribution in [0.25, 0.3) is 0 Å². The molecule has 0 bridgehead atoms. The quantitative estimate of drug-likeness (QED) is 0.318. The minimum Gasteiger partial charge on any atom is -0.376 e. The van der Waals surface area contributed by atoms with Crippen LogP contribution >= 0.6 is 24.0 Å². The fourth-order valence-corrected chi connectivity index (χ4v) is 3.02. The van der Waals surface area contributed by atoms with Crippen molar-refractivity contribution in [1.29, 1.82) is 0 Å². The third kappa shape index (κ3) is 9.92. The highest BCUT2D eigenvalue weighted by molar-refractivity contribution is 14.0. The lowest BCUT2D eigenvalue weighted by Gasteiger charge is -2.21. The molecule has 5 nitrogen and oxygen atoms in total. The maximum absolute atomic E-state index is 12.5. The predicted octanol–water partition coefficient (Wildman–Crippen LogP) is 3.26. The molecule has 1 saturated heterocycles. The molecule has 1 aromatic carbocycles. The summed E-state index contributed by atoms with van der Waals surface area (Å²) in [7, 11) is 1.66. The van der Waals surface area contributed by atoms with Gasteiger partial charge in [-0.25, -0.2) is 0 Å². The summed E-state index contributed by atoms with van der Waals surface area (Å²) in [4.78, 5) is 5.59. The van der Waals surface area contributed by atoms with Crippen LogP contribution in [0.4, 0.5) is 13.2 Å². The van der Waals surface area contributed by atoms with Crippen molar-refractivity contribution in [2.75, 3.05) is 39.8 Å². The van der Waals surface area contributed by atoms with Crippen molar-refractivity contribution in [2.45, 2.75) is 32.2 Å². The van der Waals surface area contributed by atoms with Crippen molar-refractivity contribution < 1.29 is 17.9 Å². The zero-order chi connectivity index (χ0) is 19.7. The maximum atomic E-state index is 12.5. The van der Waals surface area contributed by atoms with E-state index in [0.717, 1.165) is 5.56 Å². The van der Waals surface area contributed by atoms with Crippen molar-refractivity contribution in [3.05, 3.63) is 35.9 Å². The van der Waals surface area contributed by atoms with Crippen molar-refractivity contribution in [3.63, 3.8) is 0 Å². The highest BCUT2D eigenvalue weighted by atomic mass is 127. The number of guanidine groups is 1. The number of hydrogen-bond donors (Lipinski definition) is 2. The molecule has 2 unspecified atom stereocenters. The number of halogens is 4. The highest BCUT2D eigenvalue weighted by Gasteiger charge is 2.34. The maximum Gasteiger partial charge on any atom is 0.401 e. The van der Waals surface area contributed by atoms with Crippen molar-refractivity contribution in [3.8, 4) is 0 Å². The molecule has 2 atom stereocenters. The first-order valence-electron chi connectivity index (χ1n) is 9.23. The van der Waals surface area contributed by atoms with E-state index in [2.05, 4.69) is 22.5 Å². The topological polar surface area (TPSA) is 48.9 Å². The zero-order valence-electron chi connectivity index (χ0n) is 16.3. The van der Waals surface area contributed by atoms with E-state index in [-0.39, 0.29) is 35.9 Å². The van der Waals surface area contributed by atoms with E-state index in [1.165, 1.54) is 4.90 Å². The number of nitrogens with zero attached hydrogens (tertiary/aromatic N) is 2. The molecule has 2 rings (SSSR count). The van der Waals surface area contributed by atoms with Gasteiger partial charge in [0.25, 0.3) is 0 Å². The Hall–Kier alpha value is -1.07. The highest BCUT2D eigenvalue weighted by Crippen LogP contribution is 2.19. The molecule has 0 aliphatic carbocycles. The summed E-state index contributed by atoms with van der Waals surface area (Å²) in [5, 5.41) is 6.43. The standard InChI is InChI=1S/C19H29F3N4O.HI/c1-15(12-27-13-16-6-4-3-5-7-16)10-24-18(23-2)25-17-8-9-26(11-17)14-19(20,21)22;/h3-7,15,17H,8-14H2,1-2H3,(H2,23,24,25);1H. The van der Waals surface area contributed by atoms with E-state index in [0.29, 0.717) is 45.2 Å². The van der Waals surface area contributed by atoms with E-state index in [1.54, 1.807) is 7.05 Å². The fraction of sp³-hybridized carbons (Fsp3) is 0.632. The average Bonchev–Trinajstić information content (AvgIpc) is 3.04. The summed E-state index contributed by atoms with van der Waals surface area (Å²) < 4.78 is 43.1. The van der Waals surface area contributed by atoms with Crippen LogP contribution in [0.3, 0.4) is 0 Å². The molecule has 28 heavy (non-hydrogen) atoms. The molecule has 160 valence electrons. The molecule has 0 aromatic heterocycles. The summed E-state index contributed by atoms with van der Waals surface area (Å²) in [6.45, 7) is 3.90. The van der Waals surface area contributed by atoms with E-state index in [9.17, 15) is 13.2 Å². The van der Waals surface area contributed by atoms with Gasteiger partial charge in [-0.05, 0) is 17.9 Å². The Morgan fingerprint density at radius 3 is 2.68 bits per heavy atom. The van der Waals surface area contributed by atoms with Gasteiger partial charge in [0, 0.05) is 32.7 Å². The van der Waals surface area contributed by atoms with E-state index in [1.807, 2.05) is 30.3 Å². The second-order valence-corrected chi connectivity index (χ2v) is 7.04. The van der Waals surface area contributed by atoms with Gasteiger partial charge in [-0.3, -0.25) is 9.89 Å². The van der Waals surface area contributed by atoms with Gasteiger partial charge in [-0.15, -0.1) is 24.0 Å². The smallest absolute Gasteiger partial charge is 0.376 e. The van der Waals surface area contributed by atoms with Crippen molar-refractivity contribution >= 4 is 29.9 Å². The summed E-state index contributed by atoms with van der Waals surface area (Å²) in [5.41, 5.74) is 1.14. The number of hydrogen-bond acceptors (Lipinski definition) is 3. The minimum atomic E-state index is -4.15. The van der Waals surface area contributed by atoms with Crippen LogP contribution in [0.15, 0.2) is 35.3 Å². The monoisotopic (exact) mass is 514 g/mol. The summed E-state index contributed by atoms with van der Waals surface area (Å²) in [5.74, 6) is 0.890. The molecule has 1 heterocycles. The van der Waals surface area contributed by atoms with Crippen molar-refractivity contribution in [1.82, 2.24) is 15.5 Å². The molecule has 0 spiro atoms. The lowest BCUT2D eigenvalue weighted by atomic mass is 10.2. The average molecular weight is 514 g/mol. The molecule has 1 fully saturated rings. The van der Waals surface area contributed by atoms with E-state index in [4.69, 9.17) is 4.74 Å². The Kier molecular flexibility index (Phi) is 11.1. The molecular weight excluding hydrogens is 484 g/mol. The number of benzene rings is 1. The molecule has 1 aliphatic rings. The third-order valence-corrected chi connectivity index (χ3v) is 4.37. The fourth-order valence-electron chi connectivity index (χ4n) is 3.02. The van der Waals surface area contributed by atoms with Crippen LogP contribution in [0.5, 0.6) is 0 Å². The first kappa shape index (κ1) is 25.0. The minimum absolute atomic E-state index is 0. The Labute approximate surface area is 182 Å². The summed E-state index contributed by atoms with van der Waals surface area (Å²) in [6.07, 6.45) is -3.48. The molecule has 0 radical (unpaired) electrons. The molecule has 9 heteroatoms. The first-order chi connectivity index (χ1) is 12.9. The molecule has 0 saturated carbocycles. The lowest BCUT2D eigenvalue weighted by Crippen LogP contribution is -2.46. The second kappa shape index (κ2) is 12.5. The summed E-state index contributed by atoms with van der Waals surface area (Å²) >= 11 is 0. The molecule has 1 aromatic rings. The number of alkyl halides is 3. The number of nitrogens with one attached hydrogen (secondary N) is 2. The Balaban J connectivity index is 0.00000392. The lowest BCUT2D eigenvalue weighted by molar-refractivity contribution is -0.143. The SMILES string of the molecule is CN=C(NCC(C)COCc1ccccc1)NC1CCN(CC(F)(F)F)C1.I. The van der Waals surface area contributed by atoms with Crippen molar-refractivity contribution in [2.24, 2.45) is 10.9 Å². The van der Waals surface area contributed by atoms with Crippen LogP contribution in [0.2, 0.25) is 0 Å². The van der Waals surface area contributed by atoms with E-state index < -0.39 is 12.7 Å². The van der Waals surface area contributed by atoms with Gasteiger partial charge in [0.05, 0.1) is 19.8 Å². The van der Waals surface area contributed by atoms with Crippen LogP contribution < -0.4 is 10.6 Å². The normalized spacial score (nSPS) is 19.2. The van der Waals surface area contributed by atoms with Gasteiger partial charge in [-0.2, -0.15) is 13.2 Å². The van der Waals surface area contributed by atoms with Gasteiger partial charge in [-0.1, -0.05) is 37.3 Å². The zero-order valence-corrected chi connectivity index (χ0v) is 18.7. The first-order valence-corrected chi connectivity index (χ1v) is 9.23. The number of ether oxygens (including phenoxy) is 1. The van der Waals surface area contributed by atoms with Gasteiger partial charge >= 0.3 is 6.18 Å². The molecule has 1 aliphatic heterocycles. The predicted molar refractivity (Wildman–Crippen MR) is 116 cm³/mol. The van der Waals surface area contributed by atoms with Gasteiger partial charge < -0.3 is 15.4 Å². The summed E-state index contributed by atoms with van der Waals surface area (Å²) in [6, 6.07) is 9.97. The number of likely N-dealkylation sites (tertiary alicyclic amines) is 1. The van der Waals surface area contributed by atoms with Crippen LogP contribution in [-0.4, -0.2) is 62.9 Å². The van der Waals surface area contributed by atoms with Crippen LogP contribution in [0, 0.1) is 5.92 Å². The Morgan fingerprint density at radius 2 is 2.04 bits per heavy atom. The van der Waals surface area contributed by atoms with Crippen LogP contribution in [-0.2, 0) is 11.3 Å². The Morgan fingerprint density at radius 1 is 1.32 bits per heavy atom. The van der Waals surface area contributed by atoms with Crippen LogP contribution in [0.1, 0.15) is 18.9 Å². The molecule has 0 amide bonds. The number of aliphatic imine (C=N–C) groups is 1. The van der Waals surface area contributed by atoms with Gasteiger partial charge in [0.1, 0.15) is 0 Å². The van der Waals surface area contributed by atoms with Gasteiger partial charge in [0.2, 0.25) is 0 Å². The van der Waals surface area contributed by atoms with E-state index >= 15 is 0 Å². The largest absolute Gasteiger partial charge is 0.401 e. The molecule has 2 N–H and O–H groups in total. The second-order valence-electron chi connectivity index (χ2n) is 7.04. The third-order valence-electron chi connectivity index (χ3n) is 4.37. The Bertz CT molecular complexity index is 586. The van der Waals surface area contributed by atoms with Gasteiger partial charge in [0.15, 0.2) is 5.96 Å².